The summed E-state index contributed by atoms with van der Waals surface area (Å²) in [5, 5.41) is 10.9. The lowest BCUT2D eigenvalue weighted by Crippen LogP contribution is -2.47. The fraction of sp³-hybridized carbons (Fsp3) is 0.364. The minimum absolute atomic E-state index is 0.175. The molecular weight excluding hydrogens is 224 g/mol. The summed E-state index contributed by atoms with van der Waals surface area (Å²) in [7, 11) is 2.93. The predicted octanol–water partition coefficient (Wildman–Crippen LogP) is 0.926. The molecule has 0 fully saturated rings. The first-order valence-electron chi connectivity index (χ1n) is 5.12. The zero-order valence-corrected chi connectivity index (χ0v) is 9.54. The minimum Gasteiger partial charge on any atom is -0.496 e. The van der Waals surface area contributed by atoms with E-state index >= 15 is 0 Å². The molecule has 6 nitrogen and oxygen atoms in total. The number of nitrogens with zero attached hydrogens (tertiary/aromatic N) is 2. The first-order chi connectivity index (χ1) is 8.06. The zero-order chi connectivity index (χ0) is 12.6. The van der Waals surface area contributed by atoms with Crippen LogP contribution in [0.25, 0.3) is 0 Å². The molecule has 1 aromatic carbocycles. The van der Waals surface area contributed by atoms with E-state index in [0.29, 0.717) is 16.9 Å². The van der Waals surface area contributed by atoms with Gasteiger partial charge in [0.05, 0.1) is 13.5 Å². The molecule has 1 atom stereocenters. The van der Waals surface area contributed by atoms with Crippen LogP contribution in [-0.2, 0) is 6.42 Å². The third-order valence-electron chi connectivity index (χ3n) is 2.98. The summed E-state index contributed by atoms with van der Waals surface area (Å²) >= 11 is 0. The van der Waals surface area contributed by atoms with Crippen LogP contribution in [0.5, 0.6) is 5.75 Å². The molecule has 1 aliphatic rings. The van der Waals surface area contributed by atoms with Crippen molar-refractivity contribution in [3.05, 3.63) is 39.4 Å². The lowest BCUT2D eigenvalue weighted by molar-refractivity contribution is -0.544. The average molecular weight is 236 g/mol. The van der Waals surface area contributed by atoms with E-state index in [0.717, 1.165) is 4.90 Å². The molecule has 0 saturated heterocycles. The van der Waals surface area contributed by atoms with Crippen LogP contribution in [-0.4, -0.2) is 36.1 Å². The van der Waals surface area contributed by atoms with E-state index in [1.807, 2.05) is 0 Å². The number of carbonyl (C=O) groups excluding carboxylic acids is 1. The highest BCUT2D eigenvalue weighted by molar-refractivity contribution is 5.97. The third kappa shape index (κ3) is 1.71. The maximum Gasteiger partial charge on any atom is 0.293 e. The van der Waals surface area contributed by atoms with Crippen molar-refractivity contribution in [3.8, 4) is 5.75 Å². The Bertz CT molecular complexity index is 486. The van der Waals surface area contributed by atoms with E-state index in [4.69, 9.17) is 4.74 Å². The van der Waals surface area contributed by atoms with Crippen LogP contribution in [0.2, 0.25) is 0 Å². The summed E-state index contributed by atoms with van der Waals surface area (Å²) in [6, 6.07) is 5.07. The smallest absolute Gasteiger partial charge is 0.293 e. The Morgan fingerprint density at radius 2 is 2.24 bits per heavy atom. The molecule has 0 N–H and O–H groups in total. The van der Waals surface area contributed by atoms with Crippen molar-refractivity contribution in [2.45, 2.75) is 12.6 Å². The molecule has 2 rings (SSSR count). The molecule has 0 aliphatic carbocycles. The number of rotatable bonds is 2. The highest BCUT2D eigenvalue weighted by atomic mass is 16.6. The van der Waals surface area contributed by atoms with E-state index in [1.165, 1.54) is 14.2 Å². The van der Waals surface area contributed by atoms with Crippen molar-refractivity contribution in [3.63, 3.8) is 0 Å². The summed E-state index contributed by atoms with van der Waals surface area (Å²) in [6.07, 6.45) is -0.847. The zero-order valence-electron chi connectivity index (χ0n) is 9.54. The molecule has 90 valence electrons. The highest BCUT2D eigenvalue weighted by Crippen LogP contribution is 2.29. The van der Waals surface area contributed by atoms with Gasteiger partial charge in [0.25, 0.3) is 12.1 Å². The van der Waals surface area contributed by atoms with Gasteiger partial charge in [0.15, 0.2) is 0 Å². The van der Waals surface area contributed by atoms with E-state index in [9.17, 15) is 14.9 Å². The summed E-state index contributed by atoms with van der Waals surface area (Å²) in [4.78, 5) is 23.6. The molecule has 1 aliphatic heterocycles. The van der Waals surface area contributed by atoms with Crippen molar-refractivity contribution < 1.29 is 14.5 Å². The van der Waals surface area contributed by atoms with Gasteiger partial charge in [-0.1, -0.05) is 6.07 Å². The molecule has 0 radical (unpaired) electrons. The van der Waals surface area contributed by atoms with E-state index in [1.54, 1.807) is 18.2 Å². The Kier molecular flexibility index (Phi) is 2.71. The topological polar surface area (TPSA) is 72.7 Å². The Morgan fingerprint density at radius 3 is 2.82 bits per heavy atom. The Balaban J connectivity index is 2.53. The van der Waals surface area contributed by atoms with Crippen LogP contribution in [0.4, 0.5) is 0 Å². The van der Waals surface area contributed by atoms with Gasteiger partial charge in [0.1, 0.15) is 5.75 Å². The van der Waals surface area contributed by atoms with Crippen LogP contribution in [0.1, 0.15) is 15.9 Å². The van der Waals surface area contributed by atoms with E-state index < -0.39 is 11.1 Å². The van der Waals surface area contributed by atoms with E-state index in [-0.39, 0.29) is 12.3 Å². The largest absolute Gasteiger partial charge is 0.496 e. The molecule has 1 aromatic rings. The number of fused-ring (bicyclic) bond motifs is 1. The molecule has 1 unspecified atom stereocenters. The number of benzene rings is 1. The number of hydrogen-bond acceptors (Lipinski definition) is 4. The first kappa shape index (κ1) is 11.4. The molecule has 17 heavy (non-hydrogen) atoms. The fourth-order valence-corrected chi connectivity index (χ4v) is 2.03. The van der Waals surface area contributed by atoms with Gasteiger partial charge in [-0.2, -0.15) is 0 Å². The second kappa shape index (κ2) is 4.04. The van der Waals surface area contributed by atoms with Crippen LogP contribution >= 0.6 is 0 Å². The number of nitro groups is 1. The van der Waals surface area contributed by atoms with Crippen molar-refractivity contribution in [2.24, 2.45) is 0 Å². The minimum atomic E-state index is -1.02. The Morgan fingerprint density at radius 1 is 1.53 bits per heavy atom. The molecule has 0 saturated carbocycles. The number of likely N-dealkylation sites (N-methyl/N-ethyl adjacent to an activating group) is 1. The normalized spacial score (nSPS) is 18.8. The van der Waals surface area contributed by atoms with Gasteiger partial charge < -0.3 is 4.74 Å². The van der Waals surface area contributed by atoms with Gasteiger partial charge in [0.2, 0.25) is 0 Å². The summed E-state index contributed by atoms with van der Waals surface area (Å²) in [6.45, 7) is 0. The van der Waals surface area contributed by atoms with Gasteiger partial charge >= 0.3 is 0 Å². The molecule has 6 heteroatoms. The van der Waals surface area contributed by atoms with Crippen LogP contribution in [0, 0.1) is 10.1 Å². The van der Waals surface area contributed by atoms with Gasteiger partial charge in [0, 0.05) is 23.1 Å². The molecule has 0 spiro atoms. The maximum absolute atomic E-state index is 12.0. The average Bonchev–Trinajstić information content (AvgIpc) is 2.32. The summed E-state index contributed by atoms with van der Waals surface area (Å²) < 4.78 is 5.13. The first-order valence-corrected chi connectivity index (χ1v) is 5.12. The molecule has 0 bridgehead atoms. The molecular formula is C11H12N2O4. The quantitative estimate of drug-likeness (QED) is 0.565. The van der Waals surface area contributed by atoms with Gasteiger partial charge in [-0.15, -0.1) is 0 Å². The van der Waals surface area contributed by atoms with Crippen molar-refractivity contribution in [2.75, 3.05) is 14.2 Å². The highest BCUT2D eigenvalue weighted by Gasteiger charge is 2.38. The second-order valence-corrected chi connectivity index (χ2v) is 3.87. The van der Waals surface area contributed by atoms with Gasteiger partial charge in [-0.25, -0.2) is 0 Å². The fourth-order valence-electron chi connectivity index (χ4n) is 2.03. The lowest BCUT2D eigenvalue weighted by atomic mass is 9.96. The monoisotopic (exact) mass is 236 g/mol. The number of amides is 1. The lowest BCUT2D eigenvalue weighted by Gasteiger charge is -2.28. The maximum atomic E-state index is 12.0. The molecule has 1 heterocycles. The number of carbonyl (C=O) groups is 1. The van der Waals surface area contributed by atoms with Crippen molar-refractivity contribution in [1.82, 2.24) is 4.90 Å². The van der Waals surface area contributed by atoms with Crippen LogP contribution < -0.4 is 4.74 Å². The number of ether oxygens (including phenoxy) is 1. The number of methoxy groups -OCH3 is 1. The van der Waals surface area contributed by atoms with Crippen LogP contribution in [0.15, 0.2) is 18.2 Å². The Hall–Kier alpha value is -2.11. The van der Waals surface area contributed by atoms with E-state index in [2.05, 4.69) is 0 Å². The summed E-state index contributed by atoms with van der Waals surface area (Å²) in [5.41, 5.74) is 1.09. The molecule has 0 aromatic heterocycles. The van der Waals surface area contributed by atoms with Crippen molar-refractivity contribution >= 4 is 5.91 Å². The SMILES string of the molecule is COc1cccc2c1CC([N+](=O)[O-])N(C)C2=O. The summed E-state index contributed by atoms with van der Waals surface area (Å²) in [5.74, 6) is 0.183. The van der Waals surface area contributed by atoms with Crippen molar-refractivity contribution in [1.29, 1.82) is 0 Å². The van der Waals surface area contributed by atoms with Gasteiger partial charge in [-0.05, 0) is 12.1 Å². The predicted molar refractivity (Wildman–Crippen MR) is 59.6 cm³/mol. The van der Waals surface area contributed by atoms with Crippen LogP contribution in [0.3, 0.4) is 0 Å². The Labute approximate surface area is 97.9 Å². The number of hydrogen-bond donors (Lipinski definition) is 0. The second-order valence-electron chi connectivity index (χ2n) is 3.87. The standard InChI is InChI=1S/C11H12N2O4/c1-12-10(13(15)16)6-8-7(11(12)14)4-3-5-9(8)17-2/h3-5,10H,6H2,1-2H3. The third-order valence-corrected chi connectivity index (χ3v) is 2.98. The van der Waals surface area contributed by atoms with Gasteiger partial charge in [-0.3, -0.25) is 19.8 Å². The molecule has 1 amide bonds.